The van der Waals surface area contributed by atoms with Crippen LogP contribution in [0.25, 0.3) is 11.0 Å². The highest BCUT2D eigenvalue weighted by Crippen LogP contribution is 2.24. The summed E-state index contributed by atoms with van der Waals surface area (Å²) in [7, 11) is 0. The predicted molar refractivity (Wildman–Crippen MR) is 118 cm³/mol. The summed E-state index contributed by atoms with van der Waals surface area (Å²) in [6.45, 7) is 1.57. The molecule has 0 spiro atoms. The maximum atomic E-state index is 12.4. The largest absolute Gasteiger partial charge is 0.483 e. The summed E-state index contributed by atoms with van der Waals surface area (Å²) < 4.78 is 11.3. The molecule has 6 heteroatoms. The molecule has 2 N–H and O–H groups in total. The lowest BCUT2D eigenvalue weighted by atomic mass is 10.0. The molecular weight excluding hydrogens is 392 g/mol. The third-order valence-electron chi connectivity index (χ3n) is 4.93. The Kier molecular flexibility index (Phi) is 5.98. The van der Waals surface area contributed by atoms with Crippen LogP contribution < -0.4 is 15.6 Å². The van der Waals surface area contributed by atoms with Crippen molar-refractivity contribution < 1.29 is 18.7 Å². The van der Waals surface area contributed by atoms with E-state index in [1.807, 2.05) is 72.8 Å². The van der Waals surface area contributed by atoms with Crippen molar-refractivity contribution in [2.45, 2.75) is 13.3 Å². The SMILES string of the molecule is Cc1c(C(=O)NNC(=O)COc2ccccc2Cc2ccccc2)oc2ccccc12. The number of fused-ring (bicyclic) bond motifs is 1. The Bertz CT molecular complexity index is 1210. The molecule has 4 rings (SSSR count). The standard InChI is InChI=1S/C25H22N2O4/c1-17-20-12-6-8-14-22(20)31-24(17)25(29)27-26-23(28)16-30-21-13-7-5-11-19(21)15-18-9-3-2-4-10-18/h2-14H,15-16H2,1H3,(H,26,28)(H,27,29). The van der Waals surface area contributed by atoms with Crippen LogP contribution in [0.4, 0.5) is 0 Å². The van der Waals surface area contributed by atoms with Crippen molar-refractivity contribution >= 4 is 22.8 Å². The van der Waals surface area contributed by atoms with E-state index in [4.69, 9.17) is 9.15 Å². The molecule has 0 fully saturated rings. The maximum Gasteiger partial charge on any atom is 0.305 e. The molecule has 0 atom stereocenters. The Balaban J connectivity index is 1.33. The maximum absolute atomic E-state index is 12.4. The van der Waals surface area contributed by atoms with Gasteiger partial charge in [-0.1, -0.05) is 66.7 Å². The van der Waals surface area contributed by atoms with Crippen molar-refractivity contribution in [1.29, 1.82) is 0 Å². The van der Waals surface area contributed by atoms with Crippen molar-refractivity contribution in [1.82, 2.24) is 10.9 Å². The van der Waals surface area contributed by atoms with Crippen LogP contribution in [0.1, 0.15) is 27.2 Å². The fourth-order valence-electron chi connectivity index (χ4n) is 3.36. The molecule has 1 aromatic heterocycles. The minimum atomic E-state index is -0.522. The van der Waals surface area contributed by atoms with E-state index in [1.54, 1.807) is 13.0 Å². The Morgan fingerprint density at radius 1 is 0.871 bits per heavy atom. The van der Waals surface area contributed by atoms with E-state index < -0.39 is 11.8 Å². The van der Waals surface area contributed by atoms with Crippen LogP contribution in [0.3, 0.4) is 0 Å². The molecule has 2 amide bonds. The van der Waals surface area contributed by atoms with Crippen molar-refractivity contribution in [3.8, 4) is 5.75 Å². The third-order valence-corrected chi connectivity index (χ3v) is 4.93. The van der Waals surface area contributed by atoms with Gasteiger partial charge in [0, 0.05) is 17.4 Å². The number of nitrogens with one attached hydrogen (secondary N) is 2. The molecule has 0 aliphatic carbocycles. The van der Waals surface area contributed by atoms with E-state index in [-0.39, 0.29) is 12.4 Å². The van der Waals surface area contributed by atoms with Gasteiger partial charge in [0.2, 0.25) is 0 Å². The van der Waals surface area contributed by atoms with E-state index in [0.717, 1.165) is 16.5 Å². The Hall–Kier alpha value is -4.06. The number of aryl methyl sites for hydroxylation is 1. The normalized spacial score (nSPS) is 10.6. The summed E-state index contributed by atoms with van der Waals surface area (Å²) in [6.07, 6.45) is 0.695. The second-order valence-electron chi connectivity index (χ2n) is 7.11. The third kappa shape index (κ3) is 4.75. The Morgan fingerprint density at radius 3 is 2.39 bits per heavy atom. The van der Waals surface area contributed by atoms with E-state index in [0.29, 0.717) is 23.3 Å². The van der Waals surface area contributed by atoms with Gasteiger partial charge in [0.1, 0.15) is 11.3 Å². The van der Waals surface area contributed by atoms with Crippen molar-refractivity contribution in [3.63, 3.8) is 0 Å². The number of ether oxygens (including phenoxy) is 1. The molecule has 31 heavy (non-hydrogen) atoms. The Morgan fingerprint density at radius 2 is 1.58 bits per heavy atom. The van der Waals surface area contributed by atoms with Crippen LogP contribution >= 0.6 is 0 Å². The minimum Gasteiger partial charge on any atom is -0.483 e. The van der Waals surface area contributed by atoms with Crippen LogP contribution in [-0.4, -0.2) is 18.4 Å². The zero-order valence-electron chi connectivity index (χ0n) is 17.1. The smallest absolute Gasteiger partial charge is 0.305 e. The fraction of sp³-hybridized carbons (Fsp3) is 0.120. The highest BCUT2D eigenvalue weighted by atomic mass is 16.5. The van der Waals surface area contributed by atoms with Gasteiger partial charge in [0.25, 0.3) is 5.91 Å². The molecular formula is C25H22N2O4. The summed E-state index contributed by atoms with van der Waals surface area (Å²) in [4.78, 5) is 24.6. The summed E-state index contributed by atoms with van der Waals surface area (Å²) in [5, 5.41) is 0.859. The molecule has 0 aliphatic rings. The lowest BCUT2D eigenvalue weighted by Crippen LogP contribution is -2.43. The van der Waals surface area contributed by atoms with Crippen molar-refractivity contribution in [3.05, 3.63) is 101 Å². The van der Waals surface area contributed by atoms with Gasteiger partial charge in [-0.15, -0.1) is 0 Å². The Labute approximate surface area is 179 Å². The number of rotatable bonds is 6. The number of hydrogen-bond acceptors (Lipinski definition) is 4. The minimum absolute atomic E-state index is 0.163. The van der Waals surface area contributed by atoms with Crippen molar-refractivity contribution in [2.24, 2.45) is 0 Å². The molecule has 0 radical (unpaired) electrons. The zero-order chi connectivity index (χ0) is 21.6. The summed E-state index contributed by atoms with van der Waals surface area (Å²) in [6, 6.07) is 25.0. The van der Waals surface area contributed by atoms with Gasteiger partial charge in [-0.05, 0) is 30.2 Å². The van der Waals surface area contributed by atoms with Gasteiger partial charge in [-0.25, -0.2) is 0 Å². The second kappa shape index (κ2) is 9.17. The first-order valence-electron chi connectivity index (χ1n) is 9.94. The molecule has 0 unspecified atom stereocenters. The fourth-order valence-corrected chi connectivity index (χ4v) is 3.36. The van der Waals surface area contributed by atoms with Gasteiger partial charge in [-0.2, -0.15) is 0 Å². The van der Waals surface area contributed by atoms with Gasteiger partial charge in [0.15, 0.2) is 12.4 Å². The first-order chi connectivity index (χ1) is 15.1. The number of carbonyl (C=O) groups is 2. The molecule has 0 saturated carbocycles. The molecule has 4 aromatic rings. The molecule has 1 heterocycles. The highest BCUT2D eigenvalue weighted by molar-refractivity contribution is 5.99. The van der Waals surface area contributed by atoms with Crippen LogP contribution in [0.2, 0.25) is 0 Å². The molecule has 156 valence electrons. The van der Waals surface area contributed by atoms with E-state index in [1.165, 1.54) is 0 Å². The molecule has 0 saturated heterocycles. The lowest BCUT2D eigenvalue weighted by molar-refractivity contribution is -0.123. The summed E-state index contributed by atoms with van der Waals surface area (Å²) in [5.41, 5.74) is 8.21. The summed E-state index contributed by atoms with van der Waals surface area (Å²) in [5.74, 6) is -0.209. The zero-order valence-corrected chi connectivity index (χ0v) is 17.1. The molecule has 0 bridgehead atoms. The lowest BCUT2D eigenvalue weighted by Gasteiger charge is -2.12. The second-order valence-corrected chi connectivity index (χ2v) is 7.11. The van der Waals surface area contributed by atoms with Gasteiger partial charge < -0.3 is 9.15 Å². The number of furan rings is 1. The average molecular weight is 414 g/mol. The van der Waals surface area contributed by atoms with E-state index in [9.17, 15) is 9.59 Å². The van der Waals surface area contributed by atoms with Gasteiger partial charge >= 0.3 is 5.91 Å². The van der Waals surface area contributed by atoms with Crippen molar-refractivity contribution in [2.75, 3.05) is 6.61 Å². The van der Waals surface area contributed by atoms with Crippen LogP contribution in [0.15, 0.2) is 83.3 Å². The van der Waals surface area contributed by atoms with Crippen LogP contribution in [-0.2, 0) is 11.2 Å². The number of carbonyl (C=O) groups excluding carboxylic acids is 2. The number of para-hydroxylation sites is 2. The summed E-state index contributed by atoms with van der Waals surface area (Å²) >= 11 is 0. The molecule has 0 aliphatic heterocycles. The first-order valence-corrected chi connectivity index (χ1v) is 9.94. The molecule has 6 nitrogen and oxygen atoms in total. The monoisotopic (exact) mass is 414 g/mol. The topological polar surface area (TPSA) is 80.6 Å². The van der Waals surface area contributed by atoms with E-state index in [2.05, 4.69) is 10.9 Å². The quantitative estimate of drug-likeness (QED) is 0.464. The van der Waals surface area contributed by atoms with Crippen LogP contribution in [0, 0.1) is 6.92 Å². The average Bonchev–Trinajstić information content (AvgIpc) is 3.14. The number of amides is 2. The highest BCUT2D eigenvalue weighted by Gasteiger charge is 2.18. The number of hydrazine groups is 1. The predicted octanol–water partition coefficient (Wildman–Crippen LogP) is 4.17. The molecule has 3 aromatic carbocycles. The number of hydrogen-bond donors (Lipinski definition) is 2. The first kappa shape index (κ1) is 20.2. The number of benzene rings is 3. The van der Waals surface area contributed by atoms with E-state index >= 15 is 0 Å². The van der Waals surface area contributed by atoms with Gasteiger partial charge in [-0.3, -0.25) is 20.4 Å². The van der Waals surface area contributed by atoms with Crippen LogP contribution in [0.5, 0.6) is 5.75 Å². The van der Waals surface area contributed by atoms with Gasteiger partial charge in [0.05, 0.1) is 0 Å².